The van der Waals surface area contributed by atoms with Crippen molar-refractivity contribution in [3.05, 3.63) is 59.1 Å². The Hall–Kier alpha value is -3.99. The van der Waals surface area contributed by atoms with Gasteiger partial charge in [-0.15, -0.1) is 5.10 Å². The van der Waals surface area contributed by atoms with Crippen molar-refractivity contribution >= 4 is 44.8 Å². The quantitative estimate of drug-likeness (QED) is 0.390. The van der Waals surface area contributed by atoms with Crippen LogP contribution in [0.1, 0.15) is 20.8 Å². The Morgan fingerprint density at radius 3 is 2.81 bits per heavy atom. The second-order valence-electron chi connectivity index (χ2n) is 7.17. The van der Waals surface area contributed by atoms with Crippen molar-refractivity contribution in [3.8, 4) is 5.69 Å². The van der Waals surface area contributed by atoms with Gasteiger partial charge in [0.2, 0.25) is 0 Å². The maximum atomic E-state index is 12.8. The third kappa shape index (κ3) is 3.55. The maximum Gasteiger partial charge on any atom is 0.267 e. The van der Waals surface area contributed by atoms with E-state index < -0.39 is 0 Å². The summed E-state index contributed by atoms with van der Waals surface area (Å²) in [6, 6.07) is 3.88. The van der Waals surface area contributed by atoms with Crippen LogP contribution >= 0.6 is 11.3 Å². The number of hydrogen-bond acceptors (Lipinski definition) is 7. The highest BCUT2D eigenvalue weighted by Crippen LogP contribution is 2.28. The molecule has 11 heteroatoms. The molecule has 0 aliphatic heterocycles. The van der Waals surface area contributed by atoms with Crippen LogP contribution in [0.5, 0.6) is 0 Å². The van der Waals surface area contributed by atoms with Crippen molar-refractivity contribution in [2.45, 2.75) is 13.8 Å². The number of fused-ring (bicyclic) bond motifs is 1. The van der Waals surface area contributed by atoms with Gasteiger partial charge in [0.15, 0.2) is 10.9 Å². The third-order valence-electron chi connectivity index (χ3n) is 4.88. The van der Waals surface area contributed by atoms with Crippen LogP contribution in [-0.4, -0.2) is 40.6 Å². The number of nitrogens with zero attached hydrogens (tertiary/aromatic N) is 6. The number of hydrogen-bond donors (Lipinski definition) is 3. The molecule has 0 saturated carbocycles. The van der Waals surface area contributed by atoms with E-state index in [4.69, 9.17) is 0 Å². The number of carbonyl (C=O) groups is 1. The van der Waals surface area contributed by atoms with Crippen molar-refractivity contribution in [2.75, 3.05) is 10.6 Å². The van der Waals surface area contributed by atoms with Crippen LogP contribution in [0.15, 0.2) is 43.1 Å². The summed E-state index contributed by atoms with van der Waals surface area (Å²) in [5, 5.41) is 23.3. The minimum absolute atomic E-state index is 0.222. The van der Waals surface area contributed by atoms with E-state index in [-0.39, 0.29) is 5.91 Å². The Bertz CT molecular complexity index is 1410. The van der Waals surface area contributed by atoms with Gasteiger partial charge in [0.1, 0.15) is 10.6 Å². The highest BCUT2D eigenvalue weighted by Gasteiger charge is 2.16. The molecule has 0 spiro atoms. The minimum Gasteiger partial charge on any atom is -0.320 e. The van der Waals surface area contributed by atoms with Gasteiger partial charge in [-0.05, 0) is 25.5 Å². The monoisotopic (exact) mass is 433 g/mol. The first-order valence-electron chi connectivity index (χ1n) is 9.50. The van der Waals surface area contributed by atoms with Gasteiger partial charge >= 0.3 is 0 Å². The molecule has 0 saturated heterocycles. The zero-order chi connectivity index (χ0) is 21.5. The number of thiazole rings is 1. The van der Waals surface area contributed by atoms with Crippen molar-refractivity contribution in [2.24, 2.45) is 7.05 Å². The molecule has 0 bridgehead atoms. The Balaban J connectivity index is 1.34. The molecular formula is C20H19N9OS. The van der Waals surface area contributed by atoms with Gasteiger partial charge in [-0.25, -0.2) is 9.67 Å². The Labute approximate surface area is 180 Å². The molecule has 1 amide bonds. The summed E-state index contributed by atoms with van der Waals surface area (Å²) in [6.07, 6.45) is 8.80. The lowest BCUT2D eigenvalue weighted by Crippen LogP contribution is -2.11. The van der Waals surface area contributed by atoms with Gasteiger partial charge in [-0.2, -0.15) is 10.2 Å². The maximum absolute atomic E-state index is 12.8. The summed E-state index contributed by atoms with van der Waals surface area (Å²) in [6.45, 7) is 3.90. The van der Waals surface area contributed by atoms with E-state index in [1.807, 2.05) is 45.4 Å². The molecule has 0 aliphatic rings. The summed E-state index contributed by atoms with van der Waals surface area (Å²) in [5.74, 6) is 0.448. The van der Waals surface area contributed by atoms with Gasteiger partial charge in [-0.1, -0.05) is 17.4 Å². The van der Waals surface area contributed by atoms with E-state index in [0.29, 0.717) is 15.8 Å². The lowest BCUT2D eigenvalue weighted by Gasteiger charge is -2.08. The van der Waals surface area contributed by atoms with Crippen LogP contribution in [0.3, 0.4) is 0 Å². The van der Waals surface area contributed by atoms with E-state index >= 15 is 0 Å². The average Bonchev–Trinajstić information content (AvgIpc) is 3.52. The smallest absolute Gasteiger partial charge is 0.267 e. The largest absolute Gasteiger partial charge is 0.320 e. The third-order valence-corrected chi connectivity index (χ3v) is 5.79. The minimum atomic E-state index is -0.222. The lowest BCUT2D eigenvalue weighted by atomic mass is 10.1. The summed E-state index contributed by atoms with van der Waals surface area (Å²) < 4.78 is 3.47. The number of nitrogens with one attached hydrogen (secondary N) is 3. The van der Waals surface area contributed by atoms with Gasteiger partial charge in [0.25, 0.3) is 5.91 Å². The molecule has 156 valence electrons. The van der Waals surface area contributed by atoms with Crippen LogP contribution in [0.25, 0.3) is 16.6 Å². The molecular weight excluding hydrogens is 414 g/mol. The van der Waals surface area contributed by atoms with Crippen LogP contribution < -0.4 is 10.6 Å². The van der Waals surface area contributed by atoms with Gasteiger partial charge < -0.3 is 10.6 Å². The first-order valence-corrected chi connectivity index (χ1v) is 10.3. The van der Waals surface area contributed by atoms with Crippen LogP contribution in [0.4, 0.5) is 16.6 Å². The number of carbonyl (C=O) groups excluding carboxylic acids is 1. The van der Waals surface area contributed by atoms with Crippen LogP contribution in [0, 0.1) is 13.8 Å². The molecule has 0 fully saturated rings. The molecule has 3 N–H and O–H groups in total. The number of rotatable bonds is 5. The van der Waals surface area contributed by atoms with E-state index in [0.717, 1.165) is 33.4 Å². The standard InChI is InChI=1S/C20H19N9OS/c1-11-4-5-15-14(7-22-26-15)17(11)24-19(30)16-8-21-20(31-16)25-18-12(2)9-29(27-18)13-6-23-28(3)10-13/h4-10H,1-3H3,(H,22,26)(H,24,30)(H,21,25,27). The predicted octanol–water partition coefficient (Wildman–Crippen LogP) is 3.55. The van der Waals surface area contributed by atoms with Gasteiger partial charge in [0.05, 0.1) is 36.0 Å². The molecule has 31 heavy (non-hydrogen) atoms. The number of aromatic amines is 1. The predicted molar refractivity (Wildman–Crippen MR) is 119 cm³/mol. The average molecular weight is 434 g/mol. The van der Waals surface area contributed by atoms with Crippen LogP contribution in [0.2, 0.25) is 0 Å². The van der Waals surface area contributed by atoms with Crippen LogP contribution in [-0.2, 0) is 7.05 Å². The number of amides is 1. The lowest BCUT2D eigenvalue weighted by molar-refractivity contribution is 0.103. The van der Waals surface area contributed by atoms with E-state index in [2.05, 4.69) is 36.0 Å². The van der Waals surface area contributed by atoms with Crippen molar-refractivity contribution in [1.82, 2.24) is 34.7 Å². The van der Waals surface area contributed by atoms with Crippen molar-refractivity contribution in [1.29, 1.82) is 0 Å². The SMILES string of the molecule is Cc1cn(-c2cnn(C)c2)nc1Nc1ncc(C(=O)Nc2c(C)ccc3[nH]ncc23)s1. The number of benzene rings is 1. The molecule has 0 atom stereocenters. The van der Waals surface area contributed by atoms with E-state index in [9.17, 15) is 4.79 Å². The molecule has 4 heterocycles. The molecule has 1 aromatic carbocycles. The molecule has 4 aromatic heterocycles. The summed E-state index contributed by atoms with van der Waals surface area (Å²) in [7, 11) is 1.86. The molecule has 0 radical (unpaired) electrons. The Morgan fingerprint density at radius 1 is 1.13 bits per heavy atom. The molecule has 10 nitrogen and oxygen atoms in total. The highest BCUT2D eigenvalue weighted by molar-refractivity contribution is 7.17. The molecule has 0 unspecified atom stereocenters. The van der Waals surface area contributed by atoms with Gasteiger partial charge in [-0.3, -0.25) is 14.6 Å². The second-order valence-corrected chi connectivity index (χ2v) is 8.21. The highest BCUT2D eigenvalue weighted by atomic mass is 32.1. The zero-order valence-electron chi connectivity index (χ0n) is 17.0. The number of aryl methyl sites for hydroxylation is 3. The normalized spacial score (nSPS) is 11.2. The molecule has 5 rings (SSSR count). The van der Waals surface area contributed by atoms with Gasteiger partial charge in [0, 0.05) is 24.2 Å². The zero-order valence-corrected chi connectivity index (χ0v) is 17.9. The fraction of sp³-hybridized carbons (Fsp3) is 0.150. The first kappa shape index (κ1) is 19.0. The van der Waals surface area contributed by atoms with Crippen molar-refractivity contribution < 1.29 is 4.79 Å². The fourth-order valence-corrected chi connectivity index (χ4v) is 3.96. The van der Waals surface area contributed by atoms with E-state index in [1.165, 1.54) is 11.3 Å². The first-order chi connectivity index (χ1) is 15.0. The van der Waals surface area contributed by atoms with Crippen molar-refractivity contribution in [3.63, 3.8) is 0 Å². The van der Waals surface area contributed by atoms with E-state index in [1.54, 1.807) is 28.0 Å². The Kier molecular flexibility index (Phi) is 4.51. The molecule has 0 aliphatic carbocycles. The number of aromatic nitrogens is 7. The Morgan fingerprint density at radius 2 is 2.00 bits per heavy atom. The second kappa shape index (κ2) is 7.36. The summed E-state index contributed by atoms with van der Waals surface area (Å²) >= 11 is 1.26. The number of H-pyrrole nitrogens is 1. The fourth-order valence-electron chi connectivity index (χ4n) is 3.25. The summed E-state index contributed by atoms with van der Waals surface area (Å²) in [4.78, 5) is 17.7. The topological polar surface area (TPSA) is 118 Å². The number of anilines is 3. The summed E-state index contributed by atoms with van der Waals surface area (Å²) in [5.41, 5.74) is 4.38. The molecule has 5 aromatic rings.